The fraction of sp³-hybridized carbons (Fsp3) is 0.474. The number of rotatable bonds is 5. The summed E-state index contributed by atoms with van der Waals surface area (Å²) in [5.74, 6) is 0.402. The average molecular weight is 403 g/mol. The zero-order valence-electron chi connectivity index (χ0n) is 15.4. The highest BCUT2D eigenvalue weighted by Gasteiger charge is 2.34. The van der Waals surface area contributed by atoms with E-state index in [1.807, 2.05) is 23.1 Å². The molecule has 1 aromatic carbocycles. The molecule has 6 nitrogen and oxygen atoms in total. The molecule has 1 aromatic heterocycles. The molecule has 2 amide bonds. The normalized spacial score (nSPS) is 18.9. The Morgan fingerprint density at radius 3 is 2.78 bits per heavy atom. The van der Waals surface area contributed by atoms with Gasteiger partial charge >= 0.3 is 0 Å². The van der Waals surface area contributed by atoms with E-state index in [1.54, 1.807) is 11.8 Å². The van der Waals surface area contributed by atoms with Gasteiger partial charge in [0.25, 0.3) is 0 Å². The molecule has 1 atom stereocenters. The third-order valence-electron chi connectivity index (χ3n) is 4.96. The summed E-state index contributed by atoms with van der Waals surface area (Å²) < 4.78 is 0.725. The first-order valence-corrected chi connectivity index (χ1v) is 11.0. The van der Waals surface area contributed by atoms with E-state index in [-0.39, 0.29) is 23.9 Å². The van der Waals surface area contributed by atoms with Crippen molar-refractivity contribution in [2.45, 2.75) is 56.0 Å². The van der Waals surface area contributed by atoms with Gasteiger partial charge < -0.3 is 4.90 Å². The quantitative estimate of drug-likeness (QED) is 0.566. The van der Waals surface area contributed by atoms with E-state index in [9.17, 15) is 9.59 Å². The van der Waals surface area contributed by atoms with Crippen LogP contribution in [-0.2, 0) is 16.0 Å². The van der Waals surface area contributed by atoms with E-state index in [4.69, 9.17) is 0 Å². The van der Waals surface area contributed by atoms with Crippen LogP contribution in [0.5, 0.6) is 0 Å². The van der Waals surface area contributed by atoms with E-state index in [0.29, 0.717) is 10.9 Å². The van der Waals surface area contributed by atoms with Crippen LogP contribution in [0.1, 0.15) is 38.7 Å². The van der Waals surface area contributed by atoms with Gasteiger partial charge in [-0.1, -0.05) is 41.3 Å². The highest BCUT2D eigenvalue weighted by molar-refractivity contribution is 8.01. The summed E-state index contributed by atoms with van der Waals surface area (Å²) in [6.45, 7) is 3.66. The van der Waals surface area contributed by atoms with Gasteiger partial charge in [-0.25, -0.2) is 0 Å². The summed E-state index contributed by atoms with van der Waals surface area (Å²) in [6, 6.07) is 8.59. The third kappa shape index (κ3) is 3.87. The Labute approximate surface area is 167 Å². The van der Waals surface area contributed by atoms with Gasteiger partial charge in [0.1, 0.15) is 0 Å². The van der Waals surface area contributed by atoms with E-state index < -0.39 is 0 Å². The first kappa shape index (κ1) is 18.4. The monoisotopic (exact) mass is 402 g/mol. The summed E-state index contributed by atoms with van der Waals surface area (Å²) in [4.78, 5) is 28.4. The summed E-state index contributed by atoms with van der Waals surface area (Å²) in [5.41, 5.74) is 2.25. The Balaban J connectivity index is 1.43. The number of aryl methyl sites for hydroxylation is 1. The van der Waals surface area contributed by atoms with Crippen LogP contribution in [0.4, 0.5) is 10.8 Å². The smallest absolute Gasteiger partial charge is 0.237 e. The second-order valence-corrected chi connectivity index (χ2v) is 9.22. The molecular formula is C19H22N4O2S2. The zero-order valence-corrected chi connectivity index (χ0v) is 17.1. The Kier molecular flexibility index (Phi) is 5.19. The largest absolute Gasteiger partial charge is 0.309 e. The molecule has 2 aliphatic rings. The average Bonchev–Trinajstić information content (AvgIpc) is 3.37. The summed E-state index contributed by atoms with van der Waals surface area (Å²) in [6.07, 6.45) is 4.03. The predicted molar refractivity (Wildman–Crippen MR) is 109 cm³/mol. The lowest BCUT2D eigenvalue weighted by atomic mass is 9.97. The summed E-state index contributed by atoms with van der Waals surface area (Å²) in [5, 5.41) is 8.98. The van der Waals surface area contributed by atoms with Gasteiger partial charge in [-0.15, -0.1) is 10.2 Å². The van der Waals surface area contributed by atoms with Crippen molar-refractivity contribution in [2.75, 3.05) is 15.6 Å². The molecule has 1 saturated carbocycles. The molecular weight excluding hydrogens is 380 g/mol. The Bertz CT molecular complexity index is 865. The van der Waals surface area contributed by atoms with Crippen molar-refractivity contribution in [1.82, 2.24) is 10.2 Å². The van der Waals surface area contributed by atoms with Crippen molar-refractivity contribution in [3.8, 4) is 0 Å². The number of carbonyl (C=O) groups is 2. The fourth-order valence-corrected chi connectivity index (χ4v) is 5.32. The van der Waals surface area contributed by atoms with E-state index >= 15 is 0 Å². The number of carbonyl (C=O) groups excluding carboxylic acids is 2. The van der Waals surface area contributed by atoms with Gasteiger partial charge in [-0.2, -0.15) is 0 Å². The Morgan fingerprint density at radius 2 is 2.04 bits per heavy atom. The van der Waals surface area contributed by atoms with Gasteiger partial charge in [0.15, 0.2) is 4.34 Å². The molecule has 27 heavy (non-hydrogen) atoms. The van der Waals surface area contributed by atoms with Crippen molar-refractivity contribution in [1.29, 1.82) is 0 Å². The minimum atomic E-state index is 0.0000231. The van der Waals surface area contributed by atoms with Crippen LogP contribution < -0.4 is 9.80 Å². The molecule has 2 heterocycles. The number of amides is 2. The van der Waals surface area contributed by atoms with Gasteiger partial charge in [0.05, 0.1) is 5.75 Å². The number of fused-ring (bicyclic) bond motifs is 1. The van der Waals surface area contributed by atoms with Crippen molar-refractivity contribution >= 4 is 45.7 Å². The minimum Gasteiger partial charge on any atom is -0.309 e. The number of thioether (sulfide) groups is 1. The molecule has 0 spiro atoms. The number of aromatic nitrogens is 2. The van der Waals surface area contributed by atoms with Crippen LogP contribution in [0.15, 0.2) is 28.6 Å². The van der Waals surface area contributed by atoms with Crippen LogP contribution in [0.25, 0.3) is 0 Å². The van der Waals surface area contributed by atoms with Crippen LogP contribution >= 0.6 is 23.1 Å². The molecule has 1 fully saturated rings. The molecule has 1 unspecified atom stereocenters. The van der Waals surface area contributed by atoms with E-state index in [1.165, 1.54) is 28.7 Å². The second kappa shape index (κ2) is 7.59. The number of hydrogen-bond donors (Lipinski definition) is 0. The predicted octanol–water partition coefficient (Wildman–Crippen LogP) is 3.51. The minimum absolute atomic E-state index is 0.0000231. The van der Waals surface area contributed by atoms with E-state index in [2.05, 4.69) is 23.2 Å². The highest BCUT2D eigenvalue weighted by Crippen LogP contribution is 2.36. The lowest BCUT2D eigenvalue weighted by Crippen LogP contribution is -2.43. The van der Waals surface area contributed by atoms with Crippen molar-refractivity contribution in [3.05, 3.63) is 29.8 Å². The van der Waals surface area contributed by atoms with Gasteiger partial charge in [-0.3, -0.25) is 14.5 Å². The van der Waals surface area contributed by atoms with Gasteiger partial charge in [-0.05, 0) is 44.2 Å². The highest BCUT2D eigenvalue weighted by atomic mass is 32.2. The lowest BCUT2D eigenvalue weighted by Gasteiger charge is -2.35. The topological polar surface area (TPSA) is 66.4 Å². The van der Waals surface area contributed by atoms with Crippen LogP contribution in [-0.4, -0.2) is 39.8 Å². The molecule has 0 N–H and O–H groups in total. The molecule has 0 radical (unpaired) electrons. The van der Waals surface area contributed by atoms with Crippen molar-refractivity contribution in [2.24, 2.45) is 0 Å². The Morgan fingerprint density at radius 1 is 1.26 bits per heavy atom. The zero-order chi connectivity index (χ0) is 19.0. The standard InChI is InChI=1S/C19H22N4O2S2/c1-12-7-8-14-5-3-4-6-16(14)22(12)17(25)11-26-19-21-20-18(27-19)23(13(2)24)15-9-10-15/h3-6,12,15H,7-11H2,1-2H3. The molecule has 1 aliphatic heterocycles. The summed E-state index contributed by atoms with van der Waals surface area (Å²) in [7, 11) is 0. The number of hydrogen-bond acceptors (Lipinski definition) is 6. The maximum Gasteiger partial charge on any atom is 0.237 e. The summed E-state index contributed by atoms with van der Waals surface area (Å²) >= 11 is 2.78. The van der Waals surface area contributed by atoms with Crippen molar-refractivity contribution in [3.63, 3.8) is 0 Å². The molecule has 0 bridgehead atoms. The molecule has 8 heteroatoms. The first-order valence-electron chi connectivity index (χ1n) is 9.20. The van der Waals surface area contributed by atoms with Crippen LogP contribution in [0.3, 0.4) is 0 Å². The first-order chi connectivity index (χ1) is 13.0. The van der Waals surface area contributed by atoms with Crippen molar-refractivity contribution < 1.29 is 9.59 Å². The number of anilines is 2. The van der Waals surface area contributed by atoms with Gasteiger partial charge in [0.2, 0.25) is 16.9 Å². The lowest BCUT2D eigenvalue weighted by molar-refractivity contribution is -0.117. The number of para-hydroxylation sites is 1. The molecule has 142 valence electrons. The molecule has 1 aliphatic carbocycles. The second-order valence-electron chi connectivity index (χ2n) is 7.04. The molecule has 0 saturated heterocycles. The maximum absolute atomic E-state index is 12.9. The Hall–Kier alpha value is -1.93. The van der Waals surface area contributed by atoms with Crippen LogP contribution in [0, 0.1) is 0 Å². The van der Waals surface area contributed by atoms with Gasteiger partial charge in [0, 0.05) is 24.7 Å². The van der Waals surface area contributed by atoms with E-state index in [0.717, 1.165) is 35.7 Å². The molecule has 4 rings (SSSR count). The molecule has 2 aromatic rings. The SMILES string of the molecule is CC(=O)N(c1nnc(SCC(=O)N2c3ccccc3CCC2C)s1)C1CC1. The third-order valence-corrected chi connectivity index (χ3v) is 7.00. The maximum atomic E-state index is 12.9. The number of nitrogens with zero attached hydrogens (tertiary/aromatic N) is 4. The number of benzene rings is 1. The van der Waals surface area contributed by atoms with Crippen LogP contribution in [0.2, 0.25) is 0 Å². The fourth-order valence-electron chi connectivity index (χ4n) is 3.50.